The molecular weight excluding hydrogens is 316 g/mol. The van der Waals surface area contributed by atoms with Gasteiger partial charge < -0.3 is 21.7 Å². The molecule has 0 aromatic heterocycles. The minimum absolute atomic E-state index is 0. The zero-order valence-corrected chi connectivity index (χ0v) is 14.1. The molecule has 2 rings (SSSR count). The van der Waals surface area contributed by atoms with Crippen molar-refractivity contribution in [3.05, 3.63) is 35.4 Å². The molecule has 128 valence electrons. The van der Waals surface area contributed by atoms with Crippen LogP contribution >= 0.6 is 12.4 Å². The third-order valence-corrected chi connectivity index (χ3v) is 3.93. The predicted octanol–water partition coefficient (Wildman–Crippen LogP) is 1.38. The van der Waals surface area contributed by atoms with Gasteiger partial charge in [0.2, 0.25) is 5.91 Å². The maximum atomic E-state index is 12.3. The number of primary amides is 1. The summed E-state index contributed by atoms with van der Waals surface area (Å²) in [5, 5.41) is 8.95. The molecule has 0 spiro atoms. The van der Waals surface area contributed by atoms with Gasteiger partial charge in [-0.15, -0.1) is 12.4 Å². The topological polar surface area (TPSA) is 96.2 Å². The fraction of sp³-hybridized carbons (Fsp3) is 0.500. The summed E-state index contributed by atoms with van der Waals surface area (Å²) in [6.45, 7) is 3.75. The number of carbonyl (C=O) groups is 2. The van der Waals surface area contributed by atoms with E-state index in [0.717, 1.165) is 37.1 Å². The molecular formula is C16H25ClN4O2. The molecule has 7 heteroatoms. The van der Waals surface area contributed by atoms with E-state index in [9.17, 15) is 9.59 Å². The van der Waals surface area contributed by atoms with E-state index >= 15 is 0 Å². The van der Waals surface area contributed by atoms with Crippen molar-refractivity contribution in [2.24, 2.45) is 5.73 Å². The molecule has 1 unspecified atom stereocenters. The van der Waals surface area contributed by atoms with Gasteiger partial charge in [0.25, 0.3) is 0 Å². The second-order valence-corrected chi connectivity index (χ2v) is 5.73. The van der Waals surface area contributed by atoms with E-state index in [-0.39, 0.29) is 30.8 Å². The van der Waals surface area contributed by atoms with Gasteiger partial charge in [0.1, 0.15) is 0 Å². The normalized spacial score (nSPS) is 18.4. The van der Waals surface area contributed by atoms with Crippen LogP contribution in [0.4, 0.5) is 4.79 Å². The molecule has 1 fully saturated rings. The second-order valence-electron chi connectivity index (χ2n) is 5.73. The fourth-order valence-corrected chi connectivity index (χ4v) is 2.84. The second kappa shape index (κ2) is 9.37. The van der Waals surface area contributed by atoms with Crippen molar-refractivity contribution in [2.75, 3.05) is 13.1 Å². The molecule has 0 saturated carbocycles. The first-order valence-electron chi connectivity index (χ1n) is 7.68. The van der Waals surface area contributed by atoms with Crippen molar-refractivity contribution in [1.29, 1.82) is 0 Å². The molecule has 0 radical (unpaired) electrons. The lowest BCUT2D eigenvalue weighted by atomic mass is 9.98. The number of amides is 3. The summed E-state index contributed by atoms with van der Waals surface area (Å²) in [5.74, 6) is -0.0734. The lowest BCUT2D eigenvalue weighted by Gasteiger charge is -2.25. The van der Waals surface area contributed by atoms with Crippen molar-refractivity contribution < 1.29 is 9.59 Å². The highest BCUT2D eigenvalue weighted by atomic mass is 35.5. The van der Waals surface area contributed by atoms with Crippen LogP contribution in [0.15, 0.2) is 24.3 Å². The number of nitrogens with one attached hydrogen (secondary N) is 3. The van der Waals surface area contributed by atoms with Crippen molar-refractivity contribution >= 4 is 24.3 Å². The first-order valence-corrected chi connectivity index (χ1v) is 7.68. The van der Waals surface area contributed by atoms with E-state index in [0.29, 0.717) is 0 Å². The summed E-state index contributed by atoms with van der Waals surface area (Å²) in [7, 11) is 0. The maximum absolute atomic E-state index is 12.3. The van der Waals surface area contributed by atoms with Gasteiger partial charge in [0, 0.05) is 12.6 Å². The largest absolute Gasteiger partial charge is 0.352 e. The Morgan fingerprint density at radius 2 is 2.13 bits per heavy atom. The van der Waals surface area contributed by atoms with Crippen molar-refractivity contribution in [2.45, 2.75) is 38.3 Å². The zero-order valence-electron chi connectivity index (χ0n) is 13.3. The fourth-order valence-electron chi connectivity index (χ4n) is 2.84. The van der Waals surface area contributed by atoms with Crippen molar-refractivity contribution in [3.8, 4) is 0 Å². The number of carbonyl (C=O) groups excluding carboxylic acids is 2. The van der Waals surface area contributed by atoms with Crippen LogP contribution in [0.3, 0.4) is 0 Å². The van der Waals surface area contributed by atoms with Gasteiger partial charge in [-0.3, -0.25) is 4.79 Å². The van der Waals surface area contributed by atoms with Crippen LogP contribution in [0.5, 0.6) is 0 Å². The predicted molar refractivity (Wildman–Crippen MR) is 92.5 cm³/mol. The zero-order chi connectivity index (χ0) is 15.9. The van der Waals surface area contributed by atoms with E-state index in [4.69, 9.17) is 5.73 Å². The summed E-state index contributed by atoms with van der Waals surface area (Å²) >= 11 is 0. The van der Waals surface area contributed by atoms with Gasteiger partial charge in [0.05, 0.1) is 12.5 Å². The Hall–Kier alpha value is -1.79. The number of hydrogen-bond acceptors (Lipinski definition) is 3. The Bertz CT molecular complexity index is 533. The highest BCUT2D eigenvalue weighted by molar-refractivity contribution is 5.85. The molecule has 0 aliphatic carbocycles. The number of nitrogens with two attached hydrogens (primary N) is 1. The monoisotopic (exact) mass is 340 g/mol. The van der Waals surface area contributed by atoms with Crippen LogP contribution in [0.25, 0.3) is 0 Å². The van der Waals surface area contributed by atoms with Gasteiger partial charge in [0.15, 0.2) is 0 Å². The summed E-state index contributed by atoms with van der Waals surface area (Å²) in [5.41, 5.74) is 7.19. The molecule has 2 atom stereocenters. The Labute approximate surface area is 143 Å². The molecule has 1 saturated heterocycles. The smallest absolute Gasteiger partial charge is 0.312 e. The van der Waals surface area contributed by atoms with Gasteiger partial charge in [-0.1, -0.05) is 24.3 Å². The van der Waals surface area contributed by atoms with Crippen molar-refractivity contribution in [1.82, 2.24) is 16.0 Å². The third-order valence-electron chi connectivity index (χ3n) is 3.93. The average molecular weight is 341 g/mol. The van der Waals surface area contributed by atoms with Crippen LogP contribution in [0.1, 0.15) is 36.4 Å². The average Bonchev–Trinajstić information content (AvgIpc) is 2.47. The van der Waals surface area contributed by atoms with Gasteiger partial charge >= 0.3 is 6.03 Å². The van der Waals surface area contributed by atoms with E-state index in [1.54, 1.807) is 0 Å². The van der Waals surface area contributed by atoms with Crippen LogP contribution in [0, 0.1) is 6.92 Å². The molecule has 3 amide bonds. The Kier molecular flexibility index (Phi) is 7.85. The summed E-state index contributed by atoms with van der Waals surface area (Å²) in [6.07, 6.45) is 2.23. The van der Waals surface area contributed by atoms with E-state index < -0.39 is 12.1 Å². The number of piperidine rings is 1. The summed E-state index contributed by atoms with van der Waals surface area (Å²) in [6, 6.07) is 6.80. The molecule has 1 aromatic rings. The lowest BCUT2D eigenvalue weighted by Crippen LogP contribution is -2.46. The number of halogens is 1. The van der Waals surface area contributed by atoms with Gasteiger partial charge in [-0.25, -0.2) is 4.79 Å². The molecule has 23 heavy (non-hydrogen) atoms. The SMILES string of the molecule is Cc1ccccc1C(CC(=O)N[C@H]1CCCNC1)NC(N)=O.Cl. The number of benzene rings is 1. The molecule has 1 aliphatic heterocycles. The quantitative estimate of drug-likeness (QED) is 0.652. The molecule has 1 heterocycles. The van der Waals surface area contributed by atoms with Crippen LogP contribution in [-0.2, 0) is 4.79 Å². The van der Waals surface area contributed by atoms with Gasteiger partial charge in [-0.05, 0) is 37.4 Å². The molecule has 1 aromatic carbocycles. The summed E-state index contributed by atoms with van der Waals surface area (Å²) in [4.78, 5) is 23.5. The standard InChI is InChI=1S/C16H24N4O2.ClH/c1-11-5-2-3-7-13(11)14(20-16(17)22)9-15(21)19-12-6-4-8-18-10-12;/h2-3,5,7,12,14,18H,4,6,8-10H2,1H3,(H,19,21)(H3,17,20,22);1H/t12-,14?;/m0./s1. The van der Waals surface area contributed by atoms with Crippen molar-refractivity contribution in [3.63, 3.8) is 0 Å². The Balaban J connectivity index is 0.00000264. The van der Waals surface area contributed by atoms with Gasteiger partial charge in [-0.2, -0.15) is 0 Å². The van der Waals surface area contributed by atoms with Crippen LogP contribution in [0.2, 0.25) is 0 Å². The molecule has 1 aliphatic rings. The number of aryl methyl sites for hydroxylation is 1. The summed E-state index contributed by atoms with van der Waals surface area (Å²) < 4.78 is 0. The highest BCUT2D eigenvalue weighted by Gasteiger charge is 2.21. The molecule has 0 bridgehead atoms. The lowest BCUT2D eigenvalue weighted by molar-refractivity contribution is -0.122. The minimum atomic E-state index is -0.625. The molecule has 6 nitrogen and oxygen atoms in total. The van der Waals surface area contributed by atoms with Crippen LogP contribution in [-0.4, -0.2) is 31.1 Å². The first-order chi connectivity index (χ1) is 10.6. The number of urea groups is 1. The maximum Gasteiger partial charge on any atom is 0.312 e. The third kappa shape index (κ3) is 6.08. The van der Waals surface area contributed by atoms with Crippen LogP contribution < -0.4 is 21.7 Å². The Morgan fingerprint density at radius 3 is 2.74 bits per heavy atom. The molecule has 5 N–H and O–H groups in total. The Morgan fingerprint density at radius 1 is 1.39 bits per heavy atom. The minimum Gasteiger partial charge on any atom is -0.352 e. The first kappa shape index (κ1) is 19.3. The highest BCUT2D eigenvalue weighted by Crippen LogP contribution is 2.20. The van der Waals surface area contributed by atoms with E-state index in [1.165, 1.54) is 0 Å². The number of rotatable bonds is 5. The van der Waals surface area contributed by atoms with E-state index in [1.807, 2.05) is 31.2 Å². The number of hydrogen-bond donors (Lipinski definition) is 4. The van der Waals surface area contributed by atoms with E-state index in [2.05, 4.69) is 16.0 Å².